The zero-order valence-corrected chi connectivity index (χ0v) is 16.7. The molecule has 0 radical (unpaired) electrons. The van der Waals surface area contributed by atoms with Gasteiger partial charge in [-0.05, 0) is 49.8 Å². The molecule has 2 heteroatoms. The number of pyridine rings is 1. The van der Waals surface area contributed by atoms with Gasteiger partial charge in [0.15, 0.2) is 0 Å². The predicted molar refractivity (Wildman–Crippen MR) is 120 cm³/mol. The second-order valence-corrected chi connectivity index (χ2v) is 6.67. The summed E-state index contributed by atoms with van der Waals surface area (Å²) in [4.78, 5) is 4.93. The standard InChI is InChI=1S/C24H19N.C2H7N/c1-18-10-8-9-15-22(18)21-16-23(19-11-4-2-5-12-19)25-24(17-21)20-13-6-3-7-14-20;1-3-2/h2-17H,1H3;3H,1-2H3. The molecule has 0 unspecified atom stereocenters. The number of aromatic nitrogens is 1. The second kappa shape index (κ2) is 9.63. The van der Waals surface area contributed by atoms with Gasteiger partial charge in [0.2, 0.25) is 0 Å². The van der Waals surface area contributed by atoms with Crippen LogP contribution in [0.5, 0.6) is 0 Å². The lowest BCUT2D eigenvalue weighted by atomic mass is 9.97. The molecule has 3 aromatic carbocycles. The Morgan fingerprint density at radius 1 is 0.571 bits per heavy atom. The fourth-order valence-corrected chi connectivity index (χ4v) is 3.10. The number of aryl methyl sites for hydroxylation is 1. The number of nitrogens with zero attached hydrogens (tertiary/aromatic N) is 1. The normalized spacial score (nSPS) is 10.1. The fourth-order valence-electron chi connectivity index (χ4n) is 3.10. The van der Waals surface area contributed by atoms with Gasteiger partial charge in [0, 0.05) is 11.1 Å². The van der Waals surface area contributed by atoms with Gasteiger partial charge in [-0.2, -0.15) is 0 Å². The van der Waals surface area contributed by atoms with Gasteiger partial charge in [-0.1, -0.05) is 84.9 Å². The van der Waals surface area contributed by atoms with Gasteiger partial charge < -0.3 is 5.32 Å². The quantitative estimate of drug-likeness (QED) is 0.465. The SMILES string of the molecule is CNC.Cc1ccccc1-c1cc(-c2ccccc2)nc(-c2ccccc2)c1. The predicted octanol–water partition coefficient (Wildman–Crippen LogP) is 6.23. The summed E-state index contributed by atoms with van der Waals surface area (Å²) in [6.45, 7) is 2.15. The molecule has 4 rings (SSSR count). The van der Waals surface area contributed by atoms with Gasteiger partial charge in [0.25, 0.3) is 0 Å². The van der Waals surface area contributed by atoms with Gasteiger partial charge in [0.1, 0.15) is 0 Å². The van der Waals surface area contributed by atoms with Crippen LogP contribution in [0.1, 0.15) is 5.56 Å². The molecule has 0 aliphatic rings. The third-order valence-electron chi connectivity index (χ3n) is 4.42. The van der Waals surface area contributed by atoms with E-state index in [1.165, 1.54) is 16.7 Å². The van der Waals surface area contributed by atoms with E-state index in [0.717, 1.165) is 22.5 Å². The Balaban J connectivity index is 0.000000706. The molecule has 0 saturated heterocycles. The zero-order valence-electron chi connectivity index (χ0n) is 16.7. The van der Waals surface area contributed by atoms with Crippen molar-refractivity contribution in [1.82, 2.24) is 10.3 Å². The van der Waals surface area contributed by atoms with Crippen molar-refractivity contribution < 1.29 is 0 Å². The van der Waals surface area contributed by atoms with Crippen LogP contribution in [-0.2, 0) is 0 Å². The van der Waals surface area contributed by atoms with Gasteiger partial charge in [-0.15, -0.1) is 0 Å². The molecule has 0 atom stereocenters. The molecule has 1 N–H and O–H groups in total. The van der Waals surface area contributed by atoms with Crippen molar-refractivity contribution in [2.24, 2.45) is 0 Å². The van der Waals surface area contributed by atoms with Crippen molar-refractivity contribution in [3.63, 3.8) is 0 Å². The summed E-state index contributed by atoms with van der Waals surface area (Å²) in [5.74, 6) is 0. The van der Waals surface area contributed by atoms with E-state index in [1.54, 1.807) is 0 Å². The highest BCUT2D eigenvalue weighted by molar-refractivity contribution is 5.77. The smallest absolute Gasteiger partial charge is 0.0715 e. The maximum atomic E-state index is 4.93. The van der Waals surface area contributed by atoms with Crippen LogP contribution < -0.4 is 5.32 Å². The molecule has 0 amide bonds. The minimum absolute atomic E-state index is 1.00. The Kier molecular flexibility index (Phi) is 6.72. The highest BCUT2D eigenvalue weighted by atomic mass is 14.7. The summed E-state index contributed by atoms with van der Waals surface area (Å²) < 4.78 is 0. The average molecular weight is 367 g/mol. The lowest BCUT2D eigenvalue weighted by Crippen LogP contribution is -1.92. The minimum atomic E-state index is 1.00. The van der Waals surface area contributed by atoms with Gasteiger partial charge in [-0.25, -0.2) is 4.98 Å². The van der Waals surface area contributed by atoms with Gasteiger partial charge >= 0.3 is 0 Å². The van der Waals surface area contributed by atoms with Gasteiger partial charge in [0.05, 0.1) is 11.4 Å². The topological polar surface area (TPSA) is 24.9 Å². The first-order valence-corrected chi connectivity index (χ1v) is 9.50. The molecule has 0 bridgehead atoms. The van der Waals surface area contributed by atoms with Crippen molar-refractivity contribution in [3.8, 4) is 33.6 Å². The van der Waals surface area contributed by atoms with E-state index >= 15 is 0 Å². The molecule has 1 aromatic heterocycles. The first kappa shape index (κ1) is 19.5. The molecule has 0 fully saturated rings. The molecule has 4 aromatic rings. The summed E-state index contributed by atoms with van der Waals surface area (Å²) in [7, 11) is 3.75. The molecule has 0 aliphatic carbocycles. The first-order valence-electron chi connectivity index (χ1n) is 9.50. The number of hydrogen-bond acceptors (Lipinski definition) is 2. The molecule has 28 heavy (non-hydrogen) atoms. The van der Waals surface area contributed by atoms with Crippen molar-refractivity contribution in [2.45, 2.75) is 6.92 Å². The van der Waals surface area contributed by atoms with Crippen LogP contribution in [0.3, 0.4) is 0 Å². The van der Waals surface area contributed by atoms with Crippen molar-refractivity contribution in [2.75, 3.05) is 14.1 Å². The summed E-state index contributed by atoms with van der Waals surface area (Å²) in [6, 6.07) is 33.6. The Labute approximate surface area is 167 Å². The number of nitrogens with one attached hydrogen (secondary N) is 1. The molecule has 140 valence electrons. The largest absolute Gasteiger partial charge is 0.323 e. The summed E-state index contributed by atoms with van der Waals surface area (Å²) >= 11 is 0. The summed E-state index contributed by atoms with van der Waals surface area (Å²) in [6.07, 6.45) is 0. The van der Waals surface area contributed by atoms with Crippen LogP contribution in [0, 0.1) is 6.92 Å². The van der Waals surface area contributed by atoms with Crippen LogP contribution in [0.2, 0.25) is 0 Å². The van der Waals surface area contributed by atoms with Crippen molar-refractivity contribution >= 4 is 0 Å². The molecular formula is C26H26N2. The van der Waals surface area contributed by atoms with Gasteiger partial charge in [-0.3, -0.25) is 0 Å². The highest BCUT2D eigenvalue weighted by Gasteiger charge is 2.09. The lowest BCUT2D eigenvalue weighted by Gasteiger charge is -2.12. The number of rotatable bonds is 3. The van der Waals surface area contributed by atoms with E-state index in [1.807, 2.05) is 26.2 Å². The Bertz CT molecular complexity index is 951. The van der Waals surface area contributed by atoms with Crippen LogP contribution >= 0.6 is 0 Å². The monoisotopic (exact) mass is 366 g/mol. The summed E-state index contributed by atoms with van der Waals surface area (Å²) in [5, 5.41) is 2.75. The molecule has 0 saturated carbocycles. The fraction of sp³-hybridized carbons (Fsp3) is 0.115. The van der Waals surface area contributed by atoms with E-state index in [9.17, 15) is 0 Å². The zero-order chi connectivity index (χ0) is 19.8. The minimum Gasteiger partial charge on any atom is -0.323 e. The van der Waals surface area contributed by atoms with E-state index in [4.69, 9.17) is 4.98 Å². The van der Waals surface area contributed by atoms with E-state index in [0.29, 0.717) is 0 Å². The number of benzene rings is 3. The van der Waals surface area contributed by atoms with E-state index in [-0.39, 0.29) is 0 Å². The molecule has 0 aliphatic heterocycles. The molecule has 0 spiro atoms. The van der Waals surface area contributed by atoms with Crippen molar-refractivity contribution in [1.29, 1.82) is 0 Å². The number of hydrogen-bond donors (Lipinski definition) is 1. The van der Waals surface area contributed by atoms with Crippen molar-refractivity contribution in [3.05, 3.63) is 103 Å². The highest BCUT2D eigenvalue weighted by Crippen LogP contribution is 2.31. The van der Waals surface area contributed by atoms with Crippen LogP contribution in [0.25, 0.3) is 33.6 Å². The lowest BCUT2D eigenvalue weighted by molar-refractivity contribution is 1.02. The average Bonchev–Trinajstić information content (AvgIpc) is 2.75. The Morgan fingerprint density at radius 2 is 1.00 bits per heavy atom. The molecule has 1 heterocycles. The summed E-state index contributed by atoms with van der Waals surface area (Å²) in [5.41, 5.74) is 7.99. The Hall–Kier alpha value is -3.23. The molecular weight excluding hydrogens is 340 g/mol. The molecule has 2 nitrogen and oxygen atoms in total. The third kappa shape index (κ3) is 4.73. The maximum Gasteiger partial charge on any atom is 0.0715 e. The Morgan fingerprint density at radius 3 is 1.46 bits per heavy atom. The second-order valence-electron chi connectivity index (χ2n) is 6.67. The maximum absolute atomic E-state index is 4.93. The van der Waals surface area contributed by atoms with E-state index < -0.39 is 0 Å². The van der Waals surface area contributed by atoms with Crippen LogP contribution in [-0.4, -0.2) is 19.1 Å². The van der Waals surface area contributed by atoms with E-state index in [2.05, 4.69) is 97.2 Å². The first-order chi connectivity index (χ1) is 13.7. The van der Waals surface area contributed by atoms with Crippen LogP contribution in [0.15, 0.2) is 97.1 Å². The third-order valence-corrected chi connectivity index (χ3v) is 4.42. The van der Waals surface area contributed by atoms with Crippen LogP contribution in [0.4, 0.5) is 0 Å².